The zero-order valence-corrected chi connectivity index (χ0v) is 10.0. The normalized spacial score (nSPS) is 27.2. The summed E-state index contributed by atoms with van der Waals surface area (Å²) in [6, 6.07) is 4.10. The molecule has 2 aliphatic rings. The van der Waals surface area contributed by atoms with E-state index >= 15 is 0 Å². The number of rotatable bonds is 1. The third-order valence-corrected chi connectivity index (χ3v) is 3.94. The Hall–Kier alpha value is -1.42. The van der Waals surface area contributed by atoms with Gasteiger partial charge in [0.05, 0.1) is 5.56 Å². The van der Waals surface area contributed by atoms with Gasteiger partial charge in [-0.2, -0.15) is 0 Å². The van der Waals surface area contributed by atoms with Crippen molar-refractivity contribution in [3.05, 3.63) is 29.6 Å². The van der Waals surface area contributed by atoms with Crippen LogP contribution in [0.3, 0.4) is 0 Å². The first-order valence-corrected chi connectivity index (χ1v) is 6.20. The summed E-state index contributed by atoms with van der Waals surface area (Å²) in [5, 5.41) is 3.37. The van der Waals surface area contributed by atoms with Gasteiger partial charge in [-0.05, 0) is 31.4 Å². The first kappa shape index (κ1) is 10.7. The molecule has 0 spiro atoms. The molecule has 0 radical (unpaired) electrons. The van der Waals surface area contributed by atoms with Gasteiger partial charge in [-0.1, -0.05) is 0 Å². The third-order valence-electron chi connectivity index (χ3n) is 3.94. The maximum atomic E-state index is 12.5. The number of nitrogens with one attached hydrogen (secondary N) is 1. The van der Waals surface area contributed by atoms with Crippen LogP contribution in [0.4, 0.5) is 0 Å². The largest absolute Gasteiger partial charge is 0.334 e. The zero-order valence-electron chi connectivity index (χ0n) is 10.0. The molecule has 0 saturated carbocycles. The summed E-state index contributed by atoms with van der Waals surface area (Å²) in [6.45, 7) is 4.79. The van der Waals surface area contributed by atoms with Crippen molar-refractivity contribution in [2.75, 3.05) is 19.6 Å². The Labute approximate surface area is 101 Å². The second kappa shape index (κ2) is 4.11. The minimum atomic E-state index is 0.145. The number of fused-ring (bicyclic) bond motifs is 1. The summed E-state index contributed by atoms with van der Waals surface area (Å²) in [5.41, 5.74) is 1.58. The van der Waals surface area contributed by atoms with E-state index in [0.717, 1.165) is 37.3 Å². The highest BCUT2D eigenvalue weighted by Crippen LogP contribution is 2.28. The third kappa shape index (κ3) is 1.72. The summed E-state index contributed by atoms with van der Waals surface area (Å²) >= 11 is 0. The predicted octanol–water partition coefficient (Wildman–Crippen LogP) is 0.824. The van der Waals surface area contributed by atoms with Crippen LogP contribution in [-0.2, 0) is 0 Å². The molecule has 0 unspecified atom stereocenters. The highest BCUT2D eigenvalue weighted by molar-refractivity contribution is 5.95. The van der Waals surface area contributed by atoms with Gasteiger partial charge < -0.3 is 10.2 Å². The number of hydrogen-bond donors (Lipinski definition) is 1. The van der Waals surface area contributed by atoms with Gasteiger partial charge in [-0.3, -0.25) is 9.78 Å². The SMILES string of the molecule is Cc1ncccc1C(=O)N1CC[C@H]2CNC[C@H]21. The van der Waals surface area contributed by atoms with Gasteiger partial charge in [0.2, 0.25) is 0 Å². The standard InChI is InChI=1S/C13H17N3O/c1-9-11(3-2-5-15-9)13(17)16-6-4-10-7-14-8-12(10)16/h2-3,5,10,12,14H,4,6-8H2,1H3/t10-,12+/m0/s1. The summed E-state index contributed by atoms with van der Waals surface area (Å²) < 4.78 is 0. The lowest BCUT2D eigenvalue weighted by atomic mass is 10.0. The van der Waals surface area contributed by atoms with E-state index in [1.165, 1.54) is 0 Å². The van der Waals surface area contributed by atoms with Crippen molar-refractivity contribution < 1.29 is 4.79 Å². The Bertz CT molecular complexity index is 446. The van der Waals surface area contributed by atoms with Crippen LogP contribution in [0.25, 0.3) is 0 Å². The topological polar surface area (TPSA) is 45.2 Å². The molecule has 0 aliphatic carbocycles. The van der Waals surface area contributed by atoms with Crippen LogP contribution in [0.15, 0.2) is 18.3 Å². The smallest absolute Gasteiger partial charge is 0.255 e. The van der Waals surface area contributed by atoms with Crippen LogP contribution < -0.4 is 5.32 Å². The van der Waals surface area contributed by atoms with E-state index in [9.17, 15) is 4.79 Å². The quantitative estimate of drug-likeness (QED) is 0.778. The van der Waals surface area contributed by atoms with E-state index in [1.54, 1.807) is 6.20 Å². The minimum Gasteiger partial charge on any atom is -0.334 e. The number of nitrogens with zero attached hydrogens (tertiary/aromatic N) is 2. The molecule has 2 aliphatic heterocycles. The Balaban J connectivity index is 1.85. The monoisotopic (exact) mass is 231 g/mol. The van der Waals surface area contributed by atoms with Crippen molar-refractivity contribution in [1.82, 2.24) is 15.2 Å². The molecule has 3 rings (SSSR count). The predicted molar refractivity (Wildman–Crippen MR) is 64.8 cm³/mol. The Morgan fingerprint density at radius 1 is 1.53 bits per heavy atom. The van der Waals surface area contributed by atoms with E-state index in [1.807, 2.05) is 24.0 Å². The summed E-state index contributed by atoms with van der Waals surface area (Å²) in [4.78, 5) is 18.7. The molecule has 4 heteroatoms. The number of pyridine rings is 1. The van der Waals surface area contributed by atoms with Crippen LogP contribution in [0.5, 0.6) is 0 Å². The van der Waals surface area contributed by atoms with Crippen molar-refractivity contribution in [2.45, 2.75) is 19.4 Å². The lowest BCUT2D eigenvalue weighted by molar-refractivity contribution is 0.0736. The van der Waals surface area contributed by atoms with Crippen molar-refractivity contribution in [3.8, 4) is 0 Å². The summed E-state index contributed by atoms with van der Waals surface area (Å²) in [7, 11) is 0. The average Bonchev–Trinajstić information content (AvgIpc) is 2.90. The number of hydrogen-bond acceptors (Lipinski definition) is 3. The number of aryl methyl sites for hydroxylation is 1. The van der Waals surface area contributed by atoms with Crippen LogP contribution in [0.1, 0.15) is 22.5 Å². The van der Waals surface area contributed by atoms with Gasteiger partial charge in [0.25, 0.3) is 5.91 Å². The fourth-order valence-corrected chi connectivity index (χ4v) is 2.97. The zero-order chi connectivity index (χ0) is 11.8. The molecule has 1 aromatic rings. The molecule has 2 atom stereocenters. The molecule has 0 aromatic carbocycles. The molecule has 2 saturated heterocycles. The van der Waals surface area contributed by atoms with Crippen LogP contribution in [0, 0.1) is 12.8 Å². The number of carbonyl (C=O) groups excluding carboxylic acids is 1. The highest BCUT2D eigenvalue weighted by atomic mass is 16.2. The fourth-order valence-electron chi connectivity index (χ4n) is 2.97. The molecule has 0 bridgehead atoms. The molecular formula is C13H17N3O. The molecule has 3 heterocycles. The fraction of sp³-hybridized carbons (Fsp3) is 0.538. The maximum absolute atomic E-state index is 12.5. The van der Waals surface area contributed by atoms with E-state index in [4.69, 9.17) is 0 Å². The Morgan fingerprint density at radius 2 is 2.41 bits per heavy atom. The lowest BCUT2D eigenvalue weighted by Crippen LogP contribution is -2.39. The van der Waals surface area contributed by atoms with Gasteiger partial charge in [-0.15, -0.1) is 0 Å². The summed E-state index contributed by atoms with van der Waals surface area (Å²) in [6.07, 6.45) is 2.86. The molecule has 4 nitrogen and oxygen atoms in total. The van der Waals surface area contributed by atoms with E-state index in [2.05, 4.69) is 10.3 Å². The number of aromatic nitrogens is 1. The number of carbonyl (C=O) groups is 1. The average molecular weight is 231 g/mol. The number of likely N-dealkylation sites (tertiary alicyclic amines) is 1. The molecule has 1 N–H and O–H groups in total. The van der Waals surface area contributed by atoms with Gasteiger partial charge in [0, 0.05) is 37.6 Å². The highest BCUT2D eigenvalue weighted by Gasteiger charge is 2.40. The van der Waals surface area contributed by atoms with Crippen molar-refractivity contribution >= 4 is 5.91 Å². The number of amides is 1. The molecular weight excluding hydrogens is 214 g/mol. The molecule has 2 fully saturated rings. The molecule has 1 amide bonds. The summed E-state index contributed by atoms with van der Waals surface area (Å²) in [5.74, 6) is 0.794. The second-order valence-corrected chi connectivity index (χ2v) is 4.91. The first-order chi connectivity index (χ1) is 8.27. The van der Waals surface area contributed by atoms with Gasteiger partial charge in [-0.25, -0.2) is 0 Å². The van der Waals surface area contributed by atoms with E-state index in [0.29, 0.717) is 12.0 Å². The van der Waals surface area contributed by atoms with Crippen molar-refractivity contribution in [1.29, 1.82) is 0 Å². The lowest BCUT2D eigenvalue weighted by Gasteiger charge is -2.23. The minimum absolute atomic E-state index is 0.145. The molecule has 17 heavy (non-hydrogen) atoms. The van der Waals surface area contributed by atoms with Gasteiger partial charge in [0.1, 0.15) is 0 Å². The molecule has 1 aromatic heterocycles. The van der Waals surface area contributed by atoms with Crippen LogP contribution in [-0.4, -0.2) is 41.5 Å². The van der Waals surface area contributed by atoms with Gasteiger partial charge >= 0.3 is 0 Å². The van der Waals surface area contributed by atoms with E-state index in [-0.39, 0.29) is 5.91 Å². The Morgan fingerprint density at radius 3 is 3.24 bits per heavy atom. The maximum Gasteiger partial charge on any atom is 0.255 e. The molecule has 90 valence electrons. The van der Waals surface area contributed by atoms with Crippen LogP contribution in [0.2, 0.25) is 0 Å². The van der Waals surface area contributed by atoms with Gasteiger partial charge in [0.15, 0.2) is 0 Å². The first-order valence-electron chi connectivity index (χ1n) is 6.20. The van der Waals surface area contributed by atoms with Crippen LogP contribution >= 0.6 is 0 Å². The Kier molecular flexibility index (Phi) is 2.59. The van der Waals surface area contributed by atoms with E-state index < -0.39 is 0 Å². The van der Waals surface area contributed by atoms with Crippen molar-refractivity contribution in [2.24, 2.45) is 5.92 Å². The van der Waals surface area contributed by atoms with Crippen molar-refractivity contribution in [3.63, 3.8) is 0 Å². The second-order valence-electron chi connectivity index (χ2n) is 4.91.